The fourth-order valence-electron chi connectivity index (χ4n) is 2.90. The molecule has 9 heteroatoms. The van der Waals surface area contributed by atoms with E-state index in [0.717, 1.165) is 44.9 Å². The van der Waals surface area contributed by atoms with E-state index in [-0.39, 0.29) is 5.75 Å². The number of carboxylic acid groups (broad SMARTS) is 1. The lowest BCUT2D eigenvalue weighted by atomic mass is 10.2. The van der Waals surface area contributed by atoms with E-state index in [0.29, 0.717) is 18.2 Å². The molecule has 4 rings (SSSR count). The molecule has 1 aliphatic heterocycles. The smallest absolute Gasteiger partial charge is 0.313 e. The topological polar surface area (TPSA) is 88.4 Å². The number of carbonyl (C=O) groups is 1. The van der Waals surface area contributed by atoms with Gasteiger partial charge in [-0.3, -0.25) is 4.79 Å². The number of pyridine rings is 1. The van der Waals surface area contributed by atoms with Crippen LogP contribution in [0.4, 0.5) is 5.82 Å². The summed E-state index contributed by atoms with van der Waals surface area (Å²) in [5, 5.41) is 10.6. The van der Waals surface area contributed by atoms with E-state index in [4.69, 9.17) is 14.8 Å². The number of nitrogens with zero attached hydrogens (tertiary/aromatic N) is 4. The van der Waals surface area contributed by atoms with Crippen LogP contribution in [0.1, 0.15) is 5.56 Å². The molecule has 0 radical (unpaired) electrons. The van der Waals surface area contributed by atoms with E-state index in [2.05, 4.69) is 27.9 Å². The standard InChI is InChI=1S/C16H16N4O3S2/c1-9-6-10(20-2-4-23-5-3-20)19-15-12(9)13-14(25-15)16(18-8-17-13)24-7-11(21)22/h6,8H,2-5,7H2,1H3,(H,21,22). The normalized spacial score (nSPS) is 15.2. The molecule has 1 saturated heterocycles. The summed E-state index contributed by atoms with van der Waals surface area (Å²) in [4.78, 5) is 27.5. The zero-order valence-electron chi connectivity index (χ0n) is 13.6. The van der Waals surface area contributed by atoms with Gasteiger partial charge >= 0.3 is 5.97 Å². The number of hydrogen-bond donors (Lipinski definition) is 1. The van der Waals surface area contributed by atoms with Crippen molar-refractivity contribution in [3.63, 3.8) is 0 Å². The third-order valence-electron chi connectivity index (χ3n) is 4.04. The molecule has 0 aliphatic carbocycles. The van der Waals surface area contributed by atoms with Crippen molar-refractivity contribution < 1.29 is 14.6 Å². The summed E-state index contributed by atoms with van der Waals surface area (Å²) in [5.41, 5.74) is 1.96. The molecule has 3 aromatic rings. The maximum absolute atomic E-state index is 10.9. The van der Waals surface area contributed by atoms with Gasteiger partial charge < -0.3 is 14.7 Å². The molecule has 3 aromatic heterocycles. The second-order valence-electron chi connectivity index (χ2n) is 5.72. The Morgan fingerprint density at radius 3 is 2.96 bits per heavy atom. The van der Waals surface area contributed by atoms with E-state index in [1.165, 1.54) is 29.4 Å². The molecule has 130 valence electrons. The highest BCUT2D eigenvalue weighted by Crippen LogP contribution is 2.39. The molecule has 1 aliphatic rings. The molecule has 0 spiro atoms. The Morgan fingerprint density at radius 1 is 1.40 bits per heavy atom. The number of aromatic nitrogens is 3. The van der Waals surface area contributed by atoms with E-state index in [1.54, 1.807) is 0 Å². The van der Waals surface area contributed by atoms with Crippen molar-refractivity contribution in [3.05, 3.63) is 18.0 Å². The summed E-state index contributed by atoms with van der Waals surface area (Å²) in [5.74, 6) is 0.0700. The van der Waals surface area contributed by atoms with Crippen molar-refractivity contribution in [2.45, 2.75) is 11.9 Å². The molecular weight excluding hydrogens is 360 g/mol. The number of carboxylic acids is 1. The molecule has 0 saturated carbocycles. The lowest BCUT2D eigenvalue weighted by Crippen LogP contribution is -2.36. The van der Waals surface area contributed by atoms with Crippen LogP contribution in [0.25, 0.3) is 20.4 Å². The molecule has 1 fully saturated rings. The minimum Gasteiger partial charge on any atom is -0.481 e. The van der Waals surface area contributed by atoms with Crippen molar-refractivity contribution in [3.8, 4) is 0 Å². The molecule has 25 heavy (non-hydrogen) atoms. The van der Waals surface area contributed by atoms with Crippen LogP contribution in [0.3, 0.4) is 0 Å². The first kappa shape index (κ1) is 16.5. The number of rotatable bonds is 4. The van der Waals surface area contributed by atoms with Gasteiger partial charge in [-0.25, -0.2) is 15.0 Å². The van der Waals surface area contributed by atoms with Crippen LogP contribution in [-0.2, 0) is 9.53 Å². The molecule has 0 bridgehead atoms. The van der Waals surface area contributed by atoms with Crippen LogP contribution in [0.2, 0.25) is 0 Å². The van der Waals surface area contributed by atoms with Crippen molar-refractivity contribution in [2.24, 2.45) is 0 Å². The molecule has 0 unspecified atom stereocenters. The van der Waals surface area contributed by atoms with E-state index >= 15 is 0 Å². The van der Waals surface area contributed by atoms with Crippen LogP contribution < -0.4 is 4.90 Å². The molecule has 1 N–H and O–H groups in total. The number of hydrogen-bond acceptors (Lipinski definition) is 8. The molecule has 0 aromatic carbocycles. The van der Waals surface area contributed by atoms with E-state index in [9.17, 15) is 4.79 Å². The number of thiophene rings is 1. The third kappa shape index (κ3) is 3.14. The number of fused-ring (bicyclic) bond motifs is 3. The van der Waals surface area contributed by atoms with Crippen molar-refractivity contribution in [2.75, 3.05) is 37.0 Å². The number of morpholine rings is 1. The Morgan fingerprint density at radius 2 is 2.20 bits per heavy atom. The van der Waals surface area contributed by atoms with Gasteiger partial charge in [0.15, 0.2) is 0 Å². The fraction of sp³-hybridized carbons (Fsp3) is 0.375. The predicted molar refractivity (Wildman–Crippen MR) is 98.8 cm³/mol. The second-order valence-corrected chi connectivity index (χ2v) is 7.68. The number of ether oxygens (including phenoxy) is 1. The highest BCUT2D eigenvalue weighted by atomic mass is 32.2. The second kappa shape index (κ2) is 6.74. The summed E-state index contributed by atoms with van der Waals surface area (Å²) in [6, 6.07) is 2.09. The summed E-state index contributed by atoms with van der Waals surface area (Å²) in [6.07, 6.45) is 1.49. The Labute approximate surface area is 152 Å². The maximum Gasteiger partial charge on any atom is 0.313 e. The van der Waals surface area contributed by atoms with Gasteiger partial charge in [-0.15, -0.1) is 11.3 Å². The molecule has 0 atom stereocenters. The van der Waals surface area contributed by atoms with Gasteiger partial charge in [0, 0.05) is 18.5 Å². The molecule has 7 nitrogen and oxygen atoms in total. The van der Waals surface area contributed by atoms with Crippen LogP contribution in [0.5, 0.6) is 0 Å². The Hall–Kier alpha value is -1.97. The zero-order valence-corrected chi connectivity index (χ0v) is 15.2. The average molecular weight is 376 g/mol. The SMILES string of the molecule is Cc1cc(N2CCOCC2)nc2sc3c(SCC(=O)O)ncnc3c12. The maximum atomic E-state index is 10.9. The van der Waals surface area contributed by atoms with Crippen molar-refractivity contribution >= 4 is 55.3 Å². The minimum atomic E-state index is -0.859. The van der Waals surface area contributed by atoms with Gasteiger partial charge in [-0.2, -0.15) is 0 Å². The fourth-order valence-corrected chi connectivity index (χ4v) is 4.90. The summed E-state index contributed by atoms with van der Waals surface area (Å²) >= 11 is 2.74. The van der Waals surface area contributed by atoms with Crippen molar-refractivity contribution in [1.82, 2.24) is 15.0 Å². The van der Waals surface area contributed by atoms with E-state index < -0.39 is 5.97 Å². The quantitative estimate of drug-likeness (QED) is 0.549. The number of aryl methyl sites for hydroxylation is 1. The van der Waals surface area contributed by atoms with Crippen LogP contribution >= 0.6 is 23.1 Å². The number of thioether (sulfide) groups is 1. The summed E-state index contributed by atoms with van der Waals surface area (Å²) < 4.78 is 6.31. The van der Waals surface area contributed by atoms with E-state index in [1.807, 2.05) is 0 Å². The minimum absolute atomic E-state index is 0.0220. The van der Waals surface area contributed by atoms with Crippen LogP contribution in [-0.4, -0.2) is 58.1 Å². The third-order valence-corrected chi connectivity index (χ3v) is 6.23. The Kier molecular flexibility index (Phi) is 4.45. The zero-order chi connectivity index (χ0) is 17.4. The summed E-state index contributed by atoms with van der Waals surface area (Å²) in [7, 11) is 0. The first-order valence-electron chi connectivity index (χ1n) is 7.85. The number of aliphatic carboxylic acids is 1. The molecule has 0 amide bonds. The van der Waals surface area contributed by atoms with Gasteiger partial charge in [0.1, 0.15) is 22.0 Å². The molecular formula is C16H16N4O3S2. The Balaban J connectivity index is 1.82. The first-order chi connectivity index (χ1) is 12.1. The highest BCUT2D eigenvalue weighted by molar-refractivity contribution is 8.00. The largest absolute Gasteiger partial charge is 0.481 e. The van der Waals surface area contributed by atoms with Gasteiger partial charge in [0.25, 0.3) is 0 Å². The lowest BCUT2D eigenvalue weighted by molar-refractivity contribution is -0.133. The lowest BCUT2D eigenvalue weighted by Gasteiger charge is -2.28. The first-order valence-corrected chi connectivity index (χ1v) is 9.66. The predicted octanol–water partition coefficient (Wildman–Crippen LogP) is 2.56. The Bertz CT molecular complexity index is 953. The van der Waals surface area contributed by atoms with Crippen molar-refractivity contribution in [1.29, 1.82) is 0 Å². The molecule has 4 heterocycles. The summed E-state index contributed by atoms with van der Waals surface area (Å²) in [6.45, 7) is 5.16. The van der Waals surface area contributed by atoms with Gasteiger partial charge in [0.05, 0.1) is 29.2 Å². The highest BCUT2D eigenvalue weighted by Gasteiger charge is 2.19. The monoisotopic (exact) mass is 376 g/mol. The van der Waals surface area contributed by atoms with Crippen LogP contribution in [0.15, 0.2) is 17.4 Å². The van der Waals surface area contributed by atoms with Crippen LogP contribution in [0, 0.1) is 6.92 Å². The van der Waals surface area contributed by atoms with Gasteiger partial charge in [-0.05, 0) is 18.6 Å². The van der Waals surface area contributed by atoms with Gasteiger partial charge in [0.2, 0.25) is 0 Å². The average Bonchev–Trinajstić information content (AvgIpc) is 3.00. The van der Waals surface area contributed by atoms with Gasteiger partial charge in [-0.1, -0.05) is 11.8 Å². The number of anilines is 1.